The molecule has 0 aliphatic carbocycles. The normalized spacial score (nSPS) is 16.0. The number of carboxylic acid groups (broad SMARTS) is 2. The van der Waals surface area contributed by atoms with Crippen molar-refractivity contribution in [3.05, 3.63) is 101 Å². The van der Waals surface area contributed by atoms with E-state index in [0.29, 0.717) is 0 Å². The van der Waals surface area contributed by atoms with Crippen molar-refractivity contribution in [1.82, 2.24) is 0 Å². The molecule has 0 fully saturated rings. The number of carboxylic acids is 2. The molecule has 1 heterocycles. The Morgan fingerprint density at radius 2 is 1.13 bits per heavy atom. The molecule has 1 aliphatic rings. The number of carbonyl (C=O) groups is 4. The van der Waals surface area contributed by atoms with Crippen LogP contribution in [0.1, 0.15) is 39.8 Å². The molecule has 0 spiro atoms. The van der Waals surface area contributed by atoms with Crippen molar-refractivity contribution in [1.29, 1.82) is 0 Å². The van der Waals surface area contributed by atoms with Crippen LogP contribution in [0.4, 0.5) is 0 Å². The van der Waals surface area contributed by atoms with Crippen LogP contribution in [0.5, 0.6) is 46.0 Å². The Labute approximate surface area is 292 Å². The Morgan fingerprint density at radius 1 is 0.635 bits per heavy atom. The average Bonchev–Trinajstić information content (AvgIpc) is 3.50. The minimum Gasteiger partial charge on any atom is -0.504 e. The van der Waals surface area contributed by atoms with Crippen LogP contribution in [0, 0.1) is 0 Å². The number of benzene rings is 4. The molecule has 0 unspecified atom stereocenters. The summed E-state index contributed by atoms with van der Waals surface area (Å²) in [6, 6.07) is 13.0. The molecule has 0 saturated heterocycles. The molecule has 4 aromatic rings. The monoisotopic (exact) mass is 718 g/mol. The SMILES string of the molecule is O=C(C=Cc1ccc(O)c2c1[C@@H](C(=O)O[C@@H](Cc1ccc(O)c(O)c1)C(=O)O)[C@H](c1ccc(O)c(O)c1)O2)O[C@@H](Cc1ccc(O)c(O)c1)C(=O)O. The number of aliphatic carboxylic acids is 2. The van der Waals surface area contributed by atoms with E-state index in [9.17, 15) is 65.1 Å². The summed E-state index contributed by atoms with van der Waals surface area (Å²) in [5.41, 5.74) is 0.445. The van der Waals surface area contributed by atoms with Crippen LogP contribution in [-0.2, 0) is 41.5 Å². The van der Waals surface area contributed by atoms with E-state index in [1.54, 1.807) is 0 Å². The predicted molar refractivity (Wildman–Crippen MR) is 175 cm³/mol. The summed E-state index contributed by atoms with van der Waals surface area (Å²) >= 11 is 0. The van der Waals surface area contributed by atoms with E-state index in [1.807, 2.05) is 0 Å². The largest absolute Gasteiger partial charge is 0.504 e. The second-order valence-electron chi connectivity index (χ2n) is 11.6. The zero-order valence-corrected chi connectivity index (χ0v) is 26.6. The molecule has 0 saturated carbocycles. The number of phenolic OH excluding ortho intramolecular Hbond substituents is 7. The minimum atomic E-state index is -1.84. The third-order valence-electron chi connectivity index (χ3n) is 8.04. The van der Waals surface area contributed by atoms with Gasteiger partial charge in [0.15, 0.2) is 46.0 Å². The summed E-state index contributed by atoms with van der Waals surface area (Å²) in [7, 11) is 0. The van der Waals surface area contributed by atoms with Gasteiger partial charge in [-0.25, -0.2) is 14.4 Å². The Bertz CT molecular complexity index is 2090. The van der Waals surface area contributed by atoms with Gasteiger partial charge in [-0.2, -0.15) is 0 Å². The van der Waals surface area contributed by atoms with Crippen molar-refractivity contribution in [2.45, 2.75) is 37.1 Å². The molecule has 9 N–H and O–H groups in total. The highest BCUT2D eigenvalue weighted by molar-refractivity contribution is 5.92. The lowest BCUT2D eigenvalue weighted by Gasteiger charge is -2.22. The summed E-state index contributed by atoms with van der Waals surface area (Å²) in [5, 5.41) is 89.1. The van der Waals surface area contributed by atoms with Gasteiger partial charge in [0.25, 0.3) is 0 Å². The maximum atomic E-state index is 13.9. The maximum absolute atomic E-state index is 13.9. The number of hydrogen-bond donors (Lipinski definition) is 9. The third-order valence-corrected chi connectivity index (χ3v) is 8.04. The second-order valence-corrected chi connectivity index (χ2v) is 11.6. The molecule has 52 heavy (non-hydrogen) atoms. The number of fused-ring (bicyclic) bond motifs is 1. The summed E-state index contributed by atoms with van der Waals surface area (Å²) in [5.74, 6) is -10.8. The first kappa shape index (κ1) is 36.2. The van der Waals surface area contributed by atoms with Crippen molar-refractivity contribution in [2.75, 3.05) is 0 Å². The molecule has 0 radical (unpaired) electrons. The lowest BCUT2D eigenvalue weighted by molar-refractivity contribution is -0.166. The number of hydrogen-bond acceptors (Lipinski definition) is 14. The van der Waals surface area contributed by atoms with E-state index >= 15 is 0 Å². The summed E-state index contributed by atoms with van der Waals surface area (Å²) in [6.45, 7) is 0. The molecular weight excluding hydrogens is 688 g/mol. The van der Waals surface area contributed by atoms with Gasteiger partial charge in [-0.15, -0.1) is 0 Å². The maximum Gasteiger partial charge on any atom is 0.345 e. The van der Waals surface area contributed by atoms with Crippen LogP contribution in [-0.4, -0.2) is 82.0 Å². The molecule has 16 heteroatoms. The molecule has 270 valence electrons. The topological polar surface area (TPSA) is 278 Å². The standard InChI is InChI=1S/C36H30O16/c37-20-6-1-16(11-24(20)41)13-27(34(45)46)50-29(44)10-5-18-3-9-23(40)33-30(18)31(32(52-33)19-4-8-22(39)26(43)15-19)36(49)51-28(35(47)48)14-17-2-7-21(38)25(42)12-17/h1-12,15,27-28,31-32,37-43H,13-14H2,(H,45,46)(H,47,48)/t27-,28-,31+,32-/m0/s1. The zero-order chi connectivity index (χ0) is 37.9. The van der Waals surface area contributed by atoms with Gasteiger partial charge in [0.05, 0.1) is 0 Å². The van der Waals surface area contributed by atoms with Crippen molar-refractivity contribution < 1.29 is 79.3 Å². The fourth-order valence-electron chi connectivity index (χ4n) is 5.49. The van der Waals surface area contributed by atoms with E-state index in [-0.39, 0.29) is 40.0 Å². The lowest BCUT2D eigenvalue weighted by atomic mass is 9.87. The second kappa shape index (κ2) is 14.8. The quantitative estimate of drug-likeness (QED) is 0.0577. The number of ether oxygens (including phenoxy) is 3. The highest BCUT2D eigenvalue weighted by Crippen LogP contribution is 2.53. The van der Waals surface area contributed by atoms with Crippen LogP contribution in [0.15, 0.2) is 72.8 Å². The summed E-state index contributed by atoms with van der Waals surface area (Å²) < 4.78 is 16.5. The van der Waals surface area contributed by atoms with Gasteiger partial charge in [0, 0.05) is 24.5 Å². The minimum absolute atomic E-state index is 0.0443. The van der Waals surface area contributed by atoms with Gasteiger partial charge in [-0.1, -0.05) is 24.3 Å². The van der Waals surface area contributed by atoms with Crippen molar-refractivity contribution >= 4 is 30.0 Å². The molecule has 0 aromatic heterocycles. The summed E-state index contributed by atoms with van der Waals surface area (Å²) in [6.07, 6.45) is -3.85. The summed E-state index contributed by atoms with van der Waals surface area (Å²) in [4.78, 5) is 50.9. The van der Waals surface area contributed by atoms with E-state index in [0.717, 1.165) is 54.6 Å². The number of rotatable bonds is 12. The van der Waals surface area contributed by atoms with Gasteiger partial charge < -0.3 is 60.2 Å². The van der Waals surface area contributed by atoms with Crippen LogP contribution < -0.4 is 4.74 Å². The van der Waals surface area contributed by atoms with E-state index < -0.39 is 94.8 Å². The van der Waals surface area contributed by atoms with Crippen molar-refractivity contribution in [3.63, 3.8) is 0 Å². The smallest absolute Gasteiger partial charge is 0.345 e. The Balaban J connectivity index is 1.47. The highest BCUT2D eigenvalue weighted by Gasteiger charge is 2.46. The molecular formula is C36H30O16. The first-order chi connectivity index (χ1) is 24.6. The van der Waals surface area contributed by atoms with Gasteiger partial charge in [-0.05, 0) is 70.8 Å². The lowest BCUT2D eigenvalue weighted by Crippen LogP contribution is -2.33. The van der Waals surface area contributed by atoms with Crippen molar-refractivity contribution in [3.8, 4) is 46.0 Å². The van der Waals surface area contributed by atoms with Gasteiger partial charge in [-0.3, -0.25) is 4.79 Å². The van der Waals surface area contributed by atoms with Gasteiger partial charge in [0.1, 0.15) is 12.0 Å². The van der Waals surface area contributed by atoms with Crippen LogP contribution in [0.3, 0.4) is 0 Å². The first-order valence-electron chi connectivity index (χ1n) is 15.2. The molecule has 0 amide bonds. The molecule has 4 atom stereocenters. The molecule has 0 bridgehead atoms. The van der Waals surface area contributed by atoms with E-state index in [1.165, 1.54) is 24.3 Å². The first-order valence-corrected chi connectivity index (χ1v) is 15.2. The van der Waals surface area contributed by atoms with E-state index in [4.69, 9.17) is 14.2 Å². The number of carbonyl (C=O) groups excluding carboxylic acids is 2. The van der Waals surface area contributed by atoms with Gasteiger partial charge >= 0.3 is 23.9 Å². The van der Waals surface area contributed by atoms with Gasteiger partial charge in [0.2, 0.25) is 12.2 Å². The van der Waals surface area contributed by atoms with Crippen molar-refractivity contribution in [2.24, 2.45) is 0 Å². The number of aromatic hydroxyl groups is 7. The highest BCUT2D eigenvalue weighted by atomic mass is 16.6. The molecule has 1 aliphatic heterocycles. The van der Waals surface area contributed by atoms with E-state index in [2.05, 4.69) is 0 Å². The predicted octanol–water partition coefficient (Wildman–Crippen LogP) is 3.33. The number of phenols is 7. The molecule has 4 aromatic carbocycles. The van der Waals surface area contributed by atoms with Crippen LogP contribution >= 0.6 is 0 Å². The Hall–Kier alpha value is -7.10. The fourth-order valence-corrected chi connectivity index (χ4v) is 5.49. The number of esters is 2. The molecule has 16 nitrogen and oxygen atoms in total. The fraction of sp³-hybridized carbons (Fsp3) is 0.167. The van der Waals surface area contributed by atoms with Crippen LogP contribution in [0.2, 0.25) is 0 Å². The zero-order valence-electron chi connectivity index (χ0n) is 26.6. The Morgan fingerprint density at radius 3 is 1.65 bits per heavy atom. The van der Waals surface area contributed by atoms with Crippen LogP contribution in [0.25, 0.3) is 6.08 Å². The molecule has 5 rings (SSSR count). The Kier molecular flexibility index (Phi) is 10.3. The average molecular weight is 719 g/mol. The third kappa shape index (κ3) is 7.86.